The Bertz CT molecular complexity index is 661. The molecule has 2 aromatic carbocycles. The maximum Gasteiger partial charge on any atom is 0.251 e. The molecule has 0 aromatic heterocycles. The average molecular weight is 310 g/mol. The van der Waals surface area contributed by atoms with Gasteiger partial charge in [0.25, 0.3) is 5.91 Å². The van der Waals surface area contributed by atoms with Crippen molar-refractivity contribution >= 4 is 11.7 Å². The molecule has 0 unspecified atom stereocenters. The molecule has 2 N–H and O–H groups in total. The number of carbonyl (C=O) groups is 2. The number of carbonyl (C=O) groups excluding carboxylic acids is 2. The van der Waals surface area contributed by atoms with Crippen molar-refractivity contribution in [3.63, 3.8) is 0 Å². The van der Waals surface area contributed by atoms with Crippen molar-refractivity contribution < 1.29 is 9.59 Å². The lowest BCUT2D eigenvalue weighted by Crippen LogP contribution is -2.22. The Morgan fingerprint density at radius 1 is 0.826 bits per heavy atom. The van der Waals surface area contributed by atoms with Crippen LogP contribution in [0.2, 0.25) is 0 Å². The minimum Gasteiger partial charge on any atom is -0.348 e. The summed E-state index contributed by atoms with van der Waals surface area (Å²) in [4.78, 5) is 23.2. The molecule has 4 heteroatoms. The van der Waals surface area contributed by atoms with Crippen molar-refractivity contribution in [1.82, 2.24) is 10.6 Å². The number of rotatable bonds is 7. The molecule has 0 aliphatic rings. The predicted octanol–water partition coefficient (Wildman–Crippen LogP) is 2.47. The van der Waals surface area contributed by atoms with Crippen LogP contribution in [0.4, 0.5) is 0 Å². The Kier molecular flexibility index (Phi) is 6.06. The van der Waals surface area contributed by atoms with Gasteiger partial charge in [0.1, 0.15) is 5.78 Å². The third-order valence-corrected chi connectivity index (χ3v) is 3.53. The SMILES string of the molecule is CNCc1ccc(C(=O)NCc2ccc(CC(C)=O)cc2)cc1. The number of hydrogen-bond donors (Lipinski definition) is 2. The summed E-state index contributed by atoms with van der Waals surface area (Å²) in [5.74, 6) is 0.0570. The van der Waals surface area contributed by atoms with E-state index in [1.807, 2.05) is 55.6 Å². The first-order valence-electron chi connectivity index (χ1n) is 7.67. The first-order chi connectivity index (χ1) is 11.1. The summed E-state index contributed by atoms with van der Waals surface area (Å²) < 4.78 is 0. The molecule has 2 rings (SSSR count). The lowest BCUT2D eigenvalue weighted by atomic mass is 10.1. The van der Waals surface area contributed by atoms with E-state index in [0.717, 1.165) is 23.2 Å². The van der Waals surface area contributed by atoms with E-state index in [2.05, 4.69) is 10.6 Å². The molecule has 0 heterocycles. The molecule has 0 fully saturated rings. The van der Waals surface area contributed by atoms with E-state index in [0.29, 0.717) is 18.5 Å². The van der Waals surface area contributed by atoms with Crippen LogP contribution in [0.5, 0.6) is 0 Å². The van der Waals surface area contributed by atoms with Crippen molar-refractivity contribution in [3.05, 3.63) is 70.8 Å². The molecule has 4 nitrogen and oxygen atoms in total. The van der Waals surface area contributed by atoms with Crippen molar-refractivity contribution in [2.75, 3.05) is 7.05 Å². The van der Waals surface area contributed by atoms with Crippen LogP contribution in [0, 0.1) is 0 Å². The van der Waals surface area contributed by atoms with E-state index in [1.165, 1.54) is 0 Å². The van der Waals surface area contributed by atoms with Gasteiger partial charge >= 0.3 is 0 Å². The quantitative estimate of drug-likeness (QED) is 0.826. The smallest absolute Gasteiger partial charge is 0.251 e. The summed E-state index contributed by atoms with van der Waals surface area (Å²) in [6, 6.07) is 15.3. The highest BCUT2D eigenvalue weighted by molar-refractivity contribution is 5.94. The maximum absolute atomic E-state index is 12.1. The number of Topliss-reactive ketones (excluding diaryl/α,β-unsaturated/α-hetero) is 1. The largest absolute Gasteiger partial charge is 0.348 e. The van der Waals surface area contributed by atoms with E-state index < -0.39 is 0 Å². The number of benzene rings is 2. The van der Waals surface area contributed by atoms with Crippen molar-refractivity contribution in [2.24, 2.45) is 0 Å². The Morgan fingerprint density at radius 3 is 1.91 bits per heavy atom. The molecule has 2 aromatic rings. The normalized spacial score (nSPS) is 10.3. The summed E-state index contributed by atoms with van der Waals surface area (Å²) in [5, 5.41) is 5.98. The topological polar surface area (TPSA) is 58.2 Å². The molecule has 0 radical (unpaired) electrons. The van der Waals surface area contributed by atoms with Crippen LogP contribution >= 0.6 is 0 Å². The molecular weight excluding hydrogens is 288 g/mol. The Balaban J connectivity index is 1.89. The molecule has 120 valence electrons. The highest BCUT2D eigenvalue weighted by atomic mass is 16.1. The first-order valence-corrected chi connectivity index (χ1v) is 7.67. The second kappa shape index (κ2) is 8.25. The zero-order chi connectivity index (χ0) is 16.7. The molecule has 0 atom stereocenters. The fraction of sp³-hybridized carbons (Fsp3) is 0.263. The van der Waals surface area contributed by atoms with Crippen LogP contribution < -0.4 is 10.6 Å². The second-order valence-corrected chi connectivity index (χ2v) is 5.61. The average Bonchev–Trinajstić information content (AvgIpc) is 2.54. The molecule has 0 spiro atoms. The van der Waals surface area contributed by atoms with E-state index in [4.69, 9.17) is 0 Å². The summed E-state index contributed by atoms with van der Waals surface area (Å²) in [7, 11) is 1.89. The summed E-state index contributed by atoms with van der Waals surface area (Å²) in [5.41, 5.74) is 3.80. The molecule has 23 heavy (non-hydrogen) atoms. The van der Waals surface area contributed by atoms with E-state index in [1.54, 1.807) is 6.92 Å². The molecule has 0 aliphatic carbocycles. The fourth-order valence-corrected chi connectivity index (χ4v) is 2.32. The van der Waals surface area contributed by atoms with Crippen LogP contribution in [0.1, 0.15) is 34.0 Å². The highest BCUT2D eigenvalue weighted by Crippen LogP contribution is 2.07. The van der Waals surface area contributed by atoms with Crippen LogP contribution in [0.15, 0.2) is 48.5 Å². The number of nitrogens with one attached hydrogen (secondary N) is 2. The van der Waals surface area contributed by atoms with Crippen molar-refractivity contribution in [1.29, 1.82) is 0 Å². The van der Waals surface area contributed by atoms with Crippen LogP contribution in [-0.2, 0) is 24.3 Å². The van der Waals surface area contributed by atoms with Gasteiger partial charge in [-0.1, -0.05) is 36.4 Å². The van der Waals surface area contributed by atoms with Gasteiger partial charge in [-0.15, -0.1) is 0 Å². The van der Waals surface area contributed by atoms with Crippen molar-refractivity contribution in [2.45, 2.75) is 26.4 Å². The van der Waals surface area contributed by atoms with Gasteiger partial charge in [-0.05, 0) is 42.8 Å². The third-order valence-electron chi connectivity index (χ3n) is 3.53. The molecule has 1 amide bonds. The van der Waals surface area contributed by atoms with Gasteiger partial charge in [-0.3, -0.25) is 9.59 Å². The van der Waals surface area contributed by atoms with Gasteiger partial charge < -0.3 is 10.6 Å². The Hall–Kier alpha value is -2.46. The van der Waals surface area contributed by atoms with Gasteiger partial charge in [0.15, 0.2) is 0 Å². The van der Waals surface area contributed by atoms with E-state index >= 15 is 0 Å². The summed E-state index contributed by atoms with van der Waals surface area (Å²) >= 11 is 0. The lowest BCUT2D eigenvalue weighted by Gasteiger charge is -2.07. The minimum absolute atomic E-state index is 0.0891. The highest BCUT2D eigenvalue weighted by Gasteiger charge is 2.05. The van der Waals surface area contributed by atoms with Gasteiger partial charge in [0.05, 0.1) is 0 Å². The maximum atomic E-state index is 12.1. The number of ketones is 1. The van der Waals surface area contributed by atoms with Crippen LogP contribution in [0.3, 0.4) is 0 Å². The molecule has 0 saturated heterocycles. The standard InChI is InChI=1S/C19H22N2O2/c1-14(22)11-15-3-5-17(6-4-15)13-21-19(23)18-9-7-16(8-10-18)12-20-2/h3-10,20H,11-13H2,1-2H3,(H,21,23). The predicted molar refractivity (Wildman–Crippen MR) is 91.2 cm³/mol. The van der Waals surface area contributed by atoms with Gasteiger partial charge in [-0.25, -0.2) is 0 Å². The number of amides is 1. The van der Waals surface area contributed by atoms with Gasteiger partial charge in [-0.2, -0.15) is 0 Å². The first kappa shape index (κ1) is 16.9. The molecular formula is C19H22N2O2. The van der Waals surface area contributed by atoms with Crippen LogP contribution in [0.25, 0.3) is 0 Å². The van der Waals surface area contributed by atoms with E-state index in [9.17, 15) is 9.59 Å². The summed E-state index contributed by atoms with van der Waals surface area (Å²) in [6.45, 7) is 2.84. The molecule has 0 bridgehead atoms. The minimum atomic E-state index is -0.0891. The Labute approximate surface area is 136 Å². The zero-order valence-electron chi connectivity index (χ0n) is 13.6. The third kappa shape index (κ3) is 5.34. The van der Waals surface area contributed by atoms with Gasteiger partial charge in [0.2, 0.25) is 0 Å². The molecule has 0 saturated carbocycles. The number of hydrogen-bond acceptors (Lipinski definition) is 3. The van der Waals surface area contributed by atoms with Gasteiger partial charge in [0, 0.05) is 25.1 Å². The molecule has 0 aliphatic heterocycles. The van der Waals surface area contributed by atoms with Crippen LogP contribution in [-0.4, -0.2) is 18.7 Å². The Morgan fingerprint density at radius 2 is 1.35 bits per heavy atom. The van der Waals surface area contributed by atoms with E-state index in [-0.39, 0.29) is 11.7 Å². The monoisotopic (exact) mass is 310 g/mol. The fourth-order valence-electron chi connectivity index (χ4n) is 2.32. The lowest BCUT2D eigenvalue weighted by molar-refractivity contribution is -0.116. The summed E-state index contributed by atoms with van der Waals surface area (Å²) in [6.07, 6.45) is 0.450. The second-order valence-electron chi connectivity index (χ2n) is 5.61. The van der Waals surface area contributed by atoms with Crippen molar-refractivity contribution in [3.8, 4) is 0 Å². The zero-order valence-corrected chi connectivity index (χ0v) is 13.6.